The lowest BCUT2D eigenvalue weighted by molar-refractivity contribution is -0.119. The summed E-state index contributed by atoms with van der Waals surface area (Å²) >= 11 is 0. The third-order valence-corrected chi connectivity index (χ3v) is 3.80. The van der Waals surface area contributed by atoms with Gasteiger partial charge in [-0.25, -0.2) is 0 Å². The molecule has 2 unspecified atom stereocenters. The van der Waals surface area contributed by atoms with E-state index in [0.29, 0.717) is 6.42 Å². The number of nitrogens with zero attached hydrogens (tertiary/aromatic N) is 1. The fraction of sp³-hybridized carbons (Fsp3) is 0.500. The molecule has 2 heterocycles. The number of carbonyl (C=O) groups excluding carboxylic acids is 1. The van der Waals surface area contributed by atoms with Gasteiger partial charge in [0.2, 0.25) is 5.91 Å². The Morgan fingerprint density at radius 2 is 2.22 bits per heavy atom. The van der Waals surface area contributed by atoms with Crippen LogP contribution in [0.4, 0.5) is 5.69 Å². The van der Waals surface area contributed by atoms with Gasteiger partial charge in [-0.3, -0.25) is 4.79 Å². The van der Waals surface area contributed by atoms with Crippen molar-refractivity contribution < 1.29 is 4.79 Å². The summed E-state index contributed by atoms with van der Waals surface area (Å²) in [5.74, 6) is 0.176. The number of carbonyl (C=O) groups is 1. The molecule has 0 radical (unpaired) electrons. The molecule has 1 aromatic rings. The van der Waals surface area contributed by atoms with Crippen LogP contribution in [0.15, 0.2) is 24.3 Å². The van der Waals surface area contributed by atoms with E-state index in [1.54, 1.807) is 0 Å². The number of amides is 1. The van der Waals surface area contributed by atoms with Crippen LogP contribution in [0.2, 0.25) is 0 Å². The van der Waals surface area contributed by atoms with E-state index in [0.717, 1.165) is 25.9 Å². The first-order valence-corrected chi connectivity index (χ1v) is 6.60. The topological polar surface area (TPSA) is 58.4 Å². The molecule has 96 valence electrons. The van der Waals surface area contributed by atoms with Crippen molar-refractivity contribution in [3.8, 4) is 0 Å². The monoisotopic (exact) mass is 245 g/mol. The second-order valence-corrected chi connectivity index (χ2v) is 5.30. The van der Waals surface area contributed by atoms with Crippen LogP contribution < -0.4 is 16.0 Å². The Morgan fingerprint density at radius 3 is 3.00 bits per heavy atom. The van der Waals surface area contributed by atoms with Gasteiger partial charge in [-0.2, -0.15) is 0 Å². The van der Waals surface area contributed by atoms with Crippen LogP contribution in [0.5, 0.6) is 0 Å². The second kappa shape index (κ2) is 4.61. The number of para-hydroxylation sites is 1. The van der Waals surface area contributed by atoms with Crippen molar-refractivity contribution >= 4 is 11.6 Å². The van der Waals surface area contributed by atoms with Gasteiger partial charge in [0.05, 0.1) is 0 Å². The molecule has 1 amide bonds. The van der Waals surface area contributed by atoms with Gasteiger partial charge in [-0.1, -0.05) is 18.2 Å². The zero-order valence-electron chi connectivity index (χ0n) is 10.4. The van der Waals surface area contributed by atoms with Crippen molar-refractivity contribution in [1.82, 2.24) is 5.32 Å². The number of nitrogens with two attached hydrogens (primary N) is 1. The average Bonchev–Trinajstić information content (AvgIpc) is 2.74. The predicted molar refractivity (Wildman–Crippen MR) is 71.5 cm³/mol. The SMILES string of the molecule is NC1Cc2ccccc2N(CC2CCC(=O)N2)C1. The van der Waals surface area contributed by atoms with Crippen molar-refractivity contribution in [2.45, 2.75) is 31.3 Å². The summed E-state index contributed by atoms with van der Waals surface area (Å²) in [6.45, 7) is 1.75. The van der Waals surface area contributed by atoms with Crippen LogP contribution in [0.3, 0.4) is 0 Å². The normalized spacial score (nSPS) is 26.9. The highest BCUT2D eigenvalue weighted by atomic mass is 16.1. The van der Waals surface area contributed by atoms with Crippen LogP contribution in [0.1, 0.15) is 18.4 Å². The van der Waals surface area contributed by atoms with Gasteiger partial charge in [0, 0.05) is 37.3 Å². The number of rotatable bonds is 2. The molecule has 4 heteroatoms. The molecule has 4 nitrogen and oxygen atoms in total. The number of benzene rings is 1. The van der Waals surface area contributed by atoms with Gasteiger partial charge in [0.15, 0.2) is 0 Å². The molecule has 2 aliphatic heterocycles. The quantitative estimate of drug-likeness (QED) is 0.804. The molecule has 0 aromatic heterocycles. The van der Waals surface area contributed by atoms with Crippen molar-refractivity contribution in [2.75, 3.05) is 18.0 Å². The summed E-state index contributed by atoms with van der Waals surface area (Å²) in [6.07, 6.45) is 2.54. The number of anilines is 1. The molecule has 3 rings (SSSR count). The lowest BCUT2D eigenvalue weighted by Gasteiger charge is -2.36. The molecule has 1 saturated heterocycles. The molecule has 0 aliphatic carbocycles. The van der Waals surface area contributed by atoms with Crippen molar-refractivity contribution in [2.24, 2.45) is 5.73 Å². The van der Waals surface area contributed by atoms with Gasteiger partial charge in [-0.05, 0) is 24.5 Å². The first kappa shape index (κ1) is 11.5. The highest BCUT2D eigenvalue weighted by molar-refractivity contribution is 5.78. The lowest BCUT2D eigenvalue weighted by Crippen LogP contribution is -2.48. The summed E-state index contributed by atoms with van der Waals surface area (Å²) < 4.78 is 0. The highest BCUT2D eigenvalue weighted by Gasteiger charge is 2.27. The Hall–Kier alpha value is -1.55. The molecule has 0 spiro atoms. The van der Waals surface area contributed by atoms with E-state index < -0.39 is 0 Å². The van der Waals surface area contributed by atoms with Gasteiger partial charge >= 0.3 is 0 Å². The summed E-state index contributed by atoms with van der Waals surface area (Å²) in [6, 6.07) is 8.89. The molecular weight excluding hydrogens is 226 g/mol. The average molecular weight is 245 g/mol. The van der Waals surface area contributed by atoms with E-state index in [2.05, 4.69) is 34.5 Å². The van der Waals surface area contributed by atoms with Crippen LogP contribution in [0.25, 0.3) is 0 Å². The molecule has 3 N–H and O–H groups in total. The molecular formula is C14H19N3O. The second-order valence-electron chi connectivity index (χ2n) is 5.30. The van der Waals surface area contributed by atoms with Crippen molar-refractivity contribution in [3.05, 3.63) is 29.8 Å². The minimum Gasteiger partial charge on any atom is -0.368 e. The van der Waals surface area contributed by atoms with E-state index in [1.807, 2.05) is 0 Å². The maximum atomic E-state index is 11.3. The Bertz CT molecular complexity index is 460. The molecule has 1 aromatic carbocycles. The third kappa shape index (κ3) is 2.20. The Labute approximate surface area is 107 Å². The minimum absolute atomic E-state index is 0.176. The molecule has 2 atom stereocenters. The van der Waals surface area contributed by atoms with E-state index in [4.69, 9.17) is 5.73 Å². The predicted octanol–water partition coefficient (Wildman–Crippen LogP) is 0.655. The van der Waals surface area contributed by atoms with Crippen LogP contribution >= 0.6 is 0 Å². The molecule has 18 heavy (non-hydrogen) atoms. The fourth-order valence-electron chi connectivity index (χ4n) is 2.97. The highest BCUT2D eigenvalue weighted by Crippen LogP contribution is 2.27. The molecule has 0 saturated carbocycles. The van der Waals surface area contributed by atoms with Gasteiger partial charge in [-0.15, -0.1) is 0 Å². The maximum Gasteiger partial charge on any atom is 0.220 e. The van der Waals surface area contributed by atoms with Crippen LogP contribution in [0, 0.1) is 0 Å². The van der Waals surface area contributed by atoms with Crippen molar-refractivity contribution in [3.63, 3.8) is 0 Å². The number of hydrogen-bond acceptors (Lipinski definition) is 3. The number of hydrogen-bond donors (Lipinski definition) is 2. The van der Waals surface area contributed by atoms with Gasteiger partial charge in [0.1, 0.15) is 0 Å². The zero-order chi connectivity index (χ0) is 12.5. The Morgan fingerprint density at radius 1 is 1.39 bits per heavy atom. The standard InChI is InChI=1S/C14H19N3O/c15-11-7-10-3-1-2-4-13(10)17(8-11)9-12-5-6-14(18)16-12/h1-4,11-12H,5-9,15H2,(H,16,18). The van der Waals surface area contributed by atoms with E-state index in [1.165, 1.54) is 11.3 Å². The fourth-order valence-corrected chi connectivity index (χ4v) is 2.97. The Kier molecular flexibility index (Phi) is 2.96. The summed E-state index contributed by atoms with van der Waals surface area (Å²) in [7, 11) is 0. The first-order valence-electron chi connectivity index (χ1n) is 6.60. The van der Waals surface area contributed by atoms with E-state index in [9.17, 15) is 4.79 Å². The third-order valence-electron chi connectivity index (χ3n) is 3.80. The largest absolute Gasteiger partial charge is 0.368 e. The van der Waals surface area contributed by atoms with Crippen LogP contribution in [-0.4, -0.2) is 31.1 Å². The summed E-state index contributed by atoms with van der Waals surface area (Å²) in [4.78, 5) is 13.6. The van der Waals surface area contributed by atoms with Gasteiger partial charge in [0.25, 0.3) is 0 Å². The number of nitrogens with one attached hydrogen (secondary N) is 1. The van der Waals surface area contributed by atoms with Gasteiger partial charge < -0.3 is 16.0 Å². The Balaban J connectivity index is 1.78. The first-order chi connectivity index (χ1) is 8.72. The summed E-state index contributed by atoms with van der Waals surface area (Å²) in [5.41, 5.74) is 8.71. The van der Waals surface area contributed by atoms with E-state index >= 15 is 0 Å². The molecule has 2 aliphatic rings. The summed E-state index contributed by atoms with van der Waals surface area (Å²) in [5, 5.41) is 3.03. The lowest BCUT2D eigenvalue weighted by atomic mass is 9.98. The zero-order valence-corrected chi connectivity index (χ0v) is 10.4. The van der Waals surface area contributed by atoms with Crippen LogP contribution in [-0.2, 0) is 11.2 Å². The number of fused-ring (bicyclic) bond motifs is 1. The molecule has 0 bridgehead atoms. The maximum absolute atomic E-state index is 11.3. The smallest absolute Gasteiger partial charge is 0.220 e. The van der Waals surface area contributed by atoms with E-state index in [-0.39, 0.29) is 18.0 Å². The van der Waals surface area contributed by atoms with Crippen molar-refractivity contribution in [1.29, 1.82) is 0 Å². The minimum atomic E-state index is 0.176. The molecule has 1 fully saturated rings.